The van der Waals surface area contributed by atoms with E-state index in [0.717, 1.165) is 12.1 Å². The lowest BCUT2D eigenvalue weighted by molar-refractivity contribution is 0.207. The Hall–Kier alpha value is -0.540. The number of alkyl halides is 1. The van der Waals surface area contributed by atoms with Gasteiger partial charge in [0.1, 0.15) is 0 Å². The first-order valence-electron chi connectivity index (χ1n) is 5.40. The molecule has 5 atom stereocenters. The minimum Gasteiger partial charge on any atom is -0.398 e. The molecule has 0 amide bonds. The van der Waals surface area contributed by atoms with E-state index in [1.807, 2.05) is 12.1 Å². The molecule has 78 valence electrons. The van der Waals surface area contributed by atoms with Crippen molar-refractivity contribution in [1.29, 1.82) is 0 Å². The summed E-state index contributed by atoms with van der Waals surface area (Å²) in [4.78, 5) is 0.462. The van der Waals surface area contributed by atoms with Crippen molar-refractivity contribution in [2.24, 2.45) is 5.92 Å². The highest BCUT2D eigenvalue weighted by molar-refractivity contribution is 9.09. The van der Waals surface area contributed by atoms with Gasteiger partial charge < -0.3 is 10.8 Å². The predicted octanol–water partition coefficient (Wildman–Crippen LogP) is 1.76. The molecule has 2 fully saturated rings. The topological polar surface area (TPSA) is 46.2 Å². The van der Waals surface area contributed by atoms with Gasteiger partial charge in [0.15, 0.2) is 0 Å². The van der Waals surface area contributed by atoms with Crippen LogP contribution in [0.3, 0.4) is 0 Å². The highest BCUT2D eigenvalue weighted by Gasteiger charge is 2.80. The molecule has 3 aliphatic rings. The smallest absolute Gasteiger partial charge is 0.0695 e. The van der Waals surface area contributed by atoms with Crippen molar-refractivity contribution < 1.29 is 5.11 Å². The van der Waals surface area contributed by atoms with Gasteiger partial charge in [-0.2, -0.15) is 0 Å². The molecule has 1 aromatic rings. The van der Waals surface area contributed by atoms with Gasteiger partial charge in [-0.25, -0.2) is 0 Å². The molecule has 0 aromatic heterocycles. The van der Waals surface area contributed by atoms with Gasteiger partial charge in [0, 0.05) is 21.8 Å². The fourth-order valence-electron chi connectivity index (χ4n) is 4.07. The number of rotatable bonds is 0. The summed E-state index contributed by atoms with van der Waals surface area (Å²) in [6.45, 7) is 0. The molecule has 15 heavy (non-hydrogen) atoms. The summed E-state index contributed by atoms with van der Waals surface area (Å²) < 4.78 is 0. The summed E-state index contributed by atoms with van der Waals surface area (Å²) >= 11 is 3.68. The summed E-state index contributed by atoms with van der Waals surface area (Å²) in [5.41, 5.74) is 9.61. The fourth-order valence-corrected chi connectivity index (χ4v) is 5.17. The molecule has 0 aliphatic heterocycles. The largest absolute Gasteiger partial charge is 0.398 e. The fraction of sp³-hybridized carbons (Fsp3) is 0.500. The molecule has 2 nitrogen and oxygen atoms in total. The zero-order valence-electron chi connectivity index (χ0n) is 8.15. The van der Waals surface area contributed by atoms with Gasteiger partial charge in [0.2, 0.25) is 0 Å². The molecule has 0 radical (unpaired) electrons. The van der Waals surface area contributed by atoms with Crippen LogP contribution in [0.25, 0.3) is 0 Å². The normalized spacial score (nSPS) is 48.9. The van der Waals surface area contributed by atoms with Crippen molar-refractivity contribution in [3.05, 3.63) is 29.3 Å². The van der Waals surface area contributed by atoms with Crippen molar-refractivity contribution in [1.82, 2.24) is 0 Å². The summed E-state index contributed by atoms with van der Waals surface area (Å²) in [6, 6.07) is 6.11. The minimum atomic E-state index is -0.144. The van der Waals surface area contributed by atoms with Crippen LogP contribution < -0.4 is 5.73 Å². The standard InChI is InChI=1S/C12H12BrNO/c13-7-4-6-9-5(2-1-3-8(9)14)12(6)10(7)11(12)15/h1-3,6-7,10-11,15H,4,14H2. The number of nitrogens with two attached hydrogens (primary N) is 1. The third kappa shape index (κ3) is 0.668. The van der Waals surface area contributed by atoms with Gasteiger partial charge in [-0.05, 0) is 29.5 Å². The van der Waals surface area contributed by atoms with Crippen molar-refractivity contribution in [3.8, 4) is 0 Å². The zero-order chi connectivity index (χ0) is 10.4. The van der Waals surface area contributed by atoms with E-state index >= 15 is 0 Å². The molecule has 5 unspecified atom stereocenters. The Balaban J connectivity index is 1.95. The lowest BCUT2D eigenvalue weighted by Crippen LogP contribution is -2.34. The Morgan fingerprint density at radius 2 is 2.27 bits per heavy atom. The molecule has 1 aromatic carbocycles. The number of halogens is 1. The second kappa shape index (κ2) is 2.25. The molecule has 2 saturated carbocycles. The van der Waals surface area contributed by atoms with Gasteiger partial charge >= 0.3 is 0 Å². The maximum absolute atomic E-state index is 10.1. The second-order valence-electron chi connectivity index (χ2n) is 5.02. The SMILES string of the molecule is Nc1cccc2c1C1CC(Br)C3C(O)C213. The van der Waals surface area contributed by atoms with E-state index in [0.29, 0.717) is 16.7 Å². The van der Waals surface area contributed by atoms with Crippen molar-refractivity contribution >= 4 is 21.6 Å². The summed E-state index contributed by atoms with van der Waals surface area (Å²) in [5, 5.41) is 10.1. The quantitative estimate of drug-likeness (QED) is 0.555. The van der Waals surface area contributed by atoms with Gasteiger partial charge in [0.05, 0.1) is 6.10 Å². The Kier molecular flexibility index (Phi) is 1.29. The van der Waals surface area contributed by atoms with Gasteiger partial charge in [-0.15, -0.1) is 0 Å². The van der Waals surface area contributed by atoms with Crippen LogP contribution in [0, 0.1) is 5.92 Å². The van der Waals surface area contributed by atoms with Crippen LogP contribution in [-0.4, -0.2) is 16.0 Å². The first-order chi connectivity index (χ1) is 7.19. The van der Waals surface area contributed by atoms with Crippen molar-refractivity contribution in [2.45, 2.75) is 28.7 Å². The predicted molar refractivity (Wildman–Crippen MR) is 62.1 cm³/mol. The number of nitrogen functional groups attached to an aromatic ring is 1. The van der Waals surface area contributed by atoms with E-state index in [9.17, 15) is 5.11 Å². The van der Waals surface area contributed by atoms with Crippen LogP contribution in [0.1, 0.15) is 23.5 Å². The first-order valence-corrected chi connectivity index (χ1v) is 6.31. The zero-order valence-corrected chi connectivity index (χ0v) is 9.74. The van der Waals surface area contributed by atoms with Crippen LogP contribution >= 0.6 is 15.9 Å². The van der Waals surface area contributed by atoms with Gasteiger partial charge in [0.25, 0.3) is 0 Å². The molecule has 3 heteroatoms. The molecule has 0 heterocycles. The highest BCUT2D eigenvalue weighted by Crippen LogP contribution is 2.78. The van der Waals surface area contributed by atoms with Crippen molar-refractivity contribution in [3.63, 3.8) is 0 Å². The van der Waals surface area contributed by atoms with E-state index in [1.54, 1.807) is 0 Å². The van der Waals surface area contributed by atoms with Crippen LogP contribution in [0.15, 0.2) is 18.2 Å². The first kappa shape index (κ1) is 8.59. The lowest BCUT2D eigenvalue weighted by atomic mass is 9.64. The molecular formula is C12H12BrNO. The lowest BCUT2D eigenvalue weighted by Gasteiger charge is -2.39. The minimum absolute atomic E-state index is 0.0822. The molecule has 3 aliphatic carbocycles. The number of benzene rings is 1. The number of anilines is 1. The third-order valence-electron chi connectivity index (χ3n) is 4.65. The summed E-state index contributed by atoms with van der Waals surface area (Å²) in [7, 11) is 0. The molecule has 3 N–H and O–H groups in total. The highest BCUT2D eigenvalue weighted by atomic mass is 79.9. The van der Waals surface area contributed by atoms with E-state index < -0.39 is 0 Å². The third-order valence-corrected chi connectivity index (χ3v) is 5.60. The van der Waals surface area contributed by atoms with Gasteiger partial charge in [-0.1, -0.05) is 28.1 Å². The van der Waals surface area contributed by atoms with Crippen LogP contribution in [0.5, 0.6) is 0 Å². The molecular weight excluding hydrogens is 254 g/mol. The molecule has 4 rings (SSSR count). The summed E-state index contributed by atoms with van der Waals surface area (Å²) in [6.07, 6.45) is 0.984. The van der Waals surface area contributed by atoms with Crippen molar-refractivity contribution in [2.75, 3.05) is 5.73 Å². The Morgan fingerprint density at radius 3 is 3.00 bits per heavy atom. The maximum Gasteiger partial charge on any atom is 0.0695 e. The monoisotopic (exact) mass is 265 g/mol. The number of aliphatic hydroxyl groups excluding tert-OH is 1. The van der Waals surface area contributed by atoms with Crippen LogP contribution in [-0.2, 0) is 5.41 Å². The Bertz CT molecular complexity index is 475. The van der Waals surface area contributed by atoms with Crippen LogP contribution in [0.4, 0.5) is 5.69 Å². The molecule has 0 saturated heterocycles. The van der Waals surface area contributed by atoms with E-state index in [-0.39, 0.29) is 11.5 Å². The van der Waals surface area contributed by atoms with E-state index in [1.165, 1.54) is 11.1 Å². The van der Waals surface area contributed by atoms with E-state index in [4.69, 9.17) is 5.73 Å². The summed E-state index contributed by atoms with van der Waals surface area (Å²) in [5.74, 6) is 0.926. The molecule has 0 bridgehead atoms. The number of fused-ring (bicyclic) bond motifs is 2. The average Bonchev–Trinajstić information content (AvgIpc) is 2.75. The number of hydrogen-bond donors (Lipinski definition) is 2. The average molecular weight is 266 g/mol. The molecule has 1 spiro atoms. The van der Waals surface area contributed by atoms with Gasteiger partial charge in [-0.3, -0.25) is 0 Å². The maximum atomic E-state index is 10.1. The van der Waals surface area contributed by atoms with E-state index in [2.05, 4.69) is 22.0 Å². The Morgan fingerprint density at radius 1 is 1.47 bits per heavy atom. The number of aliphatic hydroxyl groups is 1. The number of hydrogen-bond acceptors (Lipinski definition) is 2. The second-order valence-corrected chi connectivity index (χ2v) is 6.19. The van der Waals surface area contributed by atoms with Crippen LogP contribution in [0.2, 0.25) is 0 Å². The Labute approximate surface area is 96.6 Å².